The summed E-state index contributed by atoms with van der Waals surface area (Å²) in [6, 6.07) is 5.81. The van der Waals surface area contributed by atoms with Crippen LogP contribution in [0.2, 0.25) is 0 Å². The number of H-pyrrole nitrogens is 1. The average molecular weight is 305 g/mol. The summed E-state index contributed by atoms with van der Waals surface area (Å²) in [6.07, 6.45) is 2.51. The Labute approximate surface area is 130 Å². The number of benzene rings is 1. The van der Waals surface area contributed by atoms with Crippen LogP contribution < -0.4 is 4.74 Å². The Morgan fingerprint density at radius 2 is 2.00 bits per heavy atom. The molecule has 22 heavy (non-hydrogen) atoms. The number of hydrogen-bond acceptors (Lipinski definition) is 4. The molecule has 0 aliphatic carbocycles. The van der Waals surface area contributed by atoms with Crippen molar-refractivity contribution in [3.8, 4) is 5.75 Å². The molecule has 1 aromatic carbocycles. The third-order valence-electron chi connectivity index (χ3n) is 3.34. The van der Waals surface area contributed by atoms with Crippen LogP contribution in [0.4, 0.5) is 4.79 Å². The molecular weight excluding hydrogens is 282 g/mol. The van der Waals surface area contributed by atoms with Crippen molar-refractivity contribution >= 4 is 17.0 Å². The fraction of sp³-hybridized carbons (Fsp3) is 0.438. The number of carbonyl (C=O) groups is 1. The van der Waals surface area contributed by atoms with Crippen LogP contribution in [0.1, 0.15) is 5.56 Å². The van der Waals surface area contributed by atoms with E-state index < -0.39 is 6.09 Å². The molecule has 0 bridgehead atoms. The number of nitrogens with zero attached hydrogens (tertiary/aromatic N) is 2. The molecule has 0 aliphatic rings. The second kappa shape index (κ2) is 7.17. The van der Waals surface area contributed by atoms with E-state index in [1.54, 1.807) is 14.1 Å². The minimum atomic E-state index is -0.422. The van der Waals surface area contributed by atoms with Gasteiger partial charge < -0.3 is 24.3 Å². The predicted molar refractivity (Wildman–Crippen MR) is 86.2 cm³/mol. The Kier molecular flexibility index (Phi) is 5.27. The van der Waals surface area contributed by atoms with E-state index in [2.05, 4.69) is 9.88 Å². The summed E-state index contributed by atoms with van der Waals surface area (Å²) < 4.78 is 10.7. The maximum absolute atomic E-state index is 11.4. The van der Waals surface area contributed by atoms with E-state index in [-0.39, 0.29) is 6.79 Å². The van der Waals surface area contributed by atoms with Gasteiger partial charge in [-0.05, 0) is 38.2 Å². The molecule has 6 nitrogen and oxygen atoms in total. The second-order valence-corrected chi connectivity index (χ2v) is 5.61. The Hall–Kier alpha value is -2.21. The van der Waals surface area contributed by atoms with Gasteiger partial charge in [-0.1, -0.05) is 6.07 Å². The molecule has 0 saturated carbocycles. The van der Waals surface area contributed by atoms with Gasteiger partial charge in [0.1, 0.15) is 5.75 Å². The number of amides is 1. The van der Waals surface area contributed by atoms with Crippen molar-refractivity contribution in [2.24, 2.45) is 0 Å². The Bertz CT molecular complexity index is 635. The molecule has 2 aromatic rings. The topological polar surface area (TPSA) is 57.8 Å². The van der Waals surface area contributed by atoms with Crippen molar-refractivity contribution in [2.45, 2.75) is 6.42 Å². The van der Waals surface area contributed by atoms with Gasteiger partial charge >= 0.3 is 6.09 Å². The minimum absolute atomic E-state index is 0.103. The van der Waals surface area contributed by atoms with Crippen LogP contribution in [-0.2, 0) is 11.2 Å². The van der Waals surface area contributed by atoms with E-state index in [0.717, 1.165) is 29.6 Å². The number of nitrogens with one attached hydrogen (secondary N) is 1. The quantitative estimate of drug-likeness (QED) is 0.832. The average Bonchev–Trinajstić information content (AvgIpc) is 2.89. The van der Waals surface area contributed by atoms with E-state index in [0.29, 0.717) is 0 Å². The number of aromatic nitrogens is 1. The first-order valence-corrected chi connectivity index (χ1v) is 7.19. The highest BCUT2D eigenvalue weighted by Gasteiger charge is 2.11. The lowest BCUT2D eigenvalue weighted by atomic mass is 10.1. The van der Waals surface area contributed by atoms with Gasteiger partial charge in [-0.2, -0.15) is 0 Å². The van der Waals surface area contributed by atoms with Gasteiger partial charge in [-0.25, -0.2) is 4.79 Å². The number of hydrogen-bond donors (Lipinski definition) is 1. The molecule has 1 amide bonds. The molecule has 0 spiro atoms. The fourth-order valence-electron chi connectivity index (χ4n) is 2.15. The standard InChI is InChI=1S/C16H23N3O3/c1-18(2)9-8-12-10-17-13-6-5-7-14(15(12)13)21-11-22-16(20)19(3)4/h5-7,10,17H,8-9,11H2,1-4H3. The molecule has 1 N–H and O–H groups in total. The Morgan fingerprint density at radius 1 is 1.23 bits per heavy atom. The molecule has 6 heteroatoms. The van der Waals surface area contributed by atoms with Gasteiger partial charge in [0.2, 0.25) is 6.79 Å². The normalized spacial score (nSPS) is 11.0. The molecule has 120 valence electrons. The number of carbonyl (C=O) groups excluding carboxylic acids is 1. The van der Waals surface area contributed by atoms with Crippen molar-refractivity contribution in [3.63, 3.8) is 0 Å². The summed E-state index contributed by atoms with van der Waals surface area (Å²) in [4.78, 5) is 18.2. The maximum Gasteiger partial charge on any atom is 0.412 e. The van der Waals surface area contributed by atoms with E-state index in [1.807, 2.05) is 38.5 Å². The fourth-order valence-corrected chi connectivity index (χ4v) is 2.15. The molecule has 0 atom stereocenters. The van der Waals surface area contributed by atoms with E-state index in [9.17, 15) is 4.79 Å². The summed E-state index contributed by atoms with van der Waals surface area (Å²) in [5, 5.41) is 1.05. The summed E-state index contributed by atoms with van der Waals surface area (Å²) in [6.45, 7) is 0.853. The highest BCUT2D eigenvalue weighted by atomic mass is 16.7. The summed E-state index contributed by atoms with van der Waals surface area (Å²) in [7, 11) is 7.36. The van der Waals surface area contributed by atoms with Crippen molar-refractivity contribution in [2.75, 3.05) is 41.5 Å². The van der Waals surface area contributed by atoms with Gasteiger partial charge in [0, 0.05) is 37.7 Å². The van der Waals surface area contributed by atoms with Crippen molar-refractivity contribution < 1.29 is 14.3 Å². The highest BCUT2D eigenvalue weighted by Crippen LogP contribution is 2.29. The molecule has 2 rings (SSSR count). The zero-order valence-electron chi connectivity index (χ0n) is 13.5. The van der Waals surface area contributed by atoms with Crippen molar-refractivity contribution in [3.05, 3.63) is 30.0 Å². The van der Waals surface area contributed by atoms with Crippen LogP contribution in [0.25, 0.3) is 10.9 Å². The monoisotopic (exact) mass is 305 g/mol. The molecule has 1 aromatic heterocycles. The lowest BCUT2D eigenvalue weighted by Crippen LogP contribution is -2.24. The molecule has 0 unspecified atom stereocenters. The zero-order valence-corrected chi connectivity index (χ0v) is 13.5. The van der Waals surface area contributed by atoms with Gasteiger partial charge in [-0.15, -0.1) is 0 Å². The summed E-state index contributed by atoms with van der Waals surface area (Å²) in [5.41, 5.74) is 2.21. The lowest BCUT2D eigenvalue weighted by Gasteiger charge is -2.13. The largest absolute Gasteiger partial charge is 0.457 e. The molecule has 0 fully saturated rings. The van der Waals surface area contributed by atoms with Gasteiger partial charge in [0.05, 0.1) is 0 Å². The van der Waals surface area contributed by atoms with Crippen LogP contribution in [0.5, 0.6) is 5.75 Å². The van der Waals surface area contributed by atoms with Gasteiger partial charge in [0.25, 0.3) is 0 Å². The van der Waals surface area contributed by atoms with Crippen LogP contribution in [-0.4, -0.2) is 62.4 Å². The highest BCUT2D eigenvalue weighted by molar-refractivity contribution is 5.89. The van der Waals surface area contributed by atoms with E-state index >= 15 is 0 Å². The minimum Gasteiger partial charge on any atom is -0.457 e. The smallest absolute Gasteiger partial charge is 0.412 e. The molecule has 0 aliphatic heterocycles. The Balaban J connectivity index is 2.11. The zero-order chi connectivity index (χ0) is 16.1. The molecule has 0 radical (unpaired) electrons. The lowest BCUT2D eigenvalue weighted by molar-refractivity contribution is 0.0440. The number of fused-ring (bicyclic) bond motifs is 1. The van der Waals surface area contributed by atoms with Gasteiger partial charge in [0.15, 0.2) is 0 Å². The van der Waals surface area contributed by atoms with E-state index in [1.165, 1.54) is 10.5 Å². The Morgan fingerprint density at radius 3 is 2.68 bits per heavy atom. The molecular formula is C16H23N3O3. The van der Waals surface area contributed by atoms with Crippen LogP contribution in [0.3, 0.4) is 0 Å². The van der Waals surface area contributed by atoms with Crippen molar-refractivity contribution in [1.29, 1.82) is 0 Å². The number of likely N-dealkylation sites (N-methyl/N-ethyl adjacent to an activating group) is 1. The van der Waals surface area contributed by atoms with Crippen LogP contribution in [0.15, 0.2) is 24.4 Å². The van der Waals surface area contributed by atoms with E-state index in [4.69, 9.17) is 9.47 Å². The van der Waals surface area contributed by atoms with Crippen LogP contribution in [0, 0.1) is 0 Å². The number of ether oxygens (including phenoxy) is 2. The second-order valence-electron chi connectivity index (χ2n) is 5.61. The first kappa shape index (κ1) is 16.2. The molecule has 1 heterocycles. The van der Waals surface area contributed by atoms with Gasteiger partial charge in [-0.3, -0.25) is 0 Å². The first-order valence-electron chi connectivity index (χ1n) is 7.19. The maximum atomic E-state index is 11.4. The third kappa shape index (κ3) is 3.92. The molecule has 0 saturated heterocycles. The summed E-state index contributed by atoms with van der Waals surface area (Å²) >= 11 is 0. The summed E-state index contributed by atoms with van der Waals surface area (Å²) in [5.74, 6) is 0.721. The van der Waals surface area contributed by atoms with Crippen LogP contribution >= 0.6 is 0 Å². The van der Waals surface area contributed by atoms with Crippen molar-refractivity contribution in [1.82, 2.24) is 14.8 Å². The predicted octanol–water partition coefficient (Wildman–Crippen LogP) is 2.31. The first-order chi connectivity index (χ1) is 10.5. The number of rotatable bonds is 6. The third-order valence-corrected chi connectivity index (χ3v) is 3.34. The SMILES string of the molecule is CN(C)CCc1c[nH]c2cccc(OCOC(=O)N(C)C)c12. The number of aromatic amines is 1.